The molecule has 1 aromatic carbocycles. The zero-order valence-electron chi connectivity index (χ0n) is 46.7. The predicted octanol–water partition coefficient (Wildman–Crippen LogP) is 11.4. The molecule has 9 atom stereocenters. The van der Waals surface area contributed by atoms with Crippen molar-refractivity contribution in [1.29, 1.82) is 0 Å². The number of carbonyl (C=O) groups excluding carboxylic acids is 3. The van der Waals surface area contributed by atoms with Crippen LogP contribution in [0.3, 0.4) is 0 Å². The molecule has 1 saturated heterocycles. The third-order valence-corrected chi connectivity index (χ3v) is 31.3. The minimum Gasteiger partial charge on any atom is -0.455 e. The second-order valence-corrected chi connectivity index (χ2v) is 38.3. The Hall–Kier alpha value is -2.08. The van der Waals surface area contributed by atoms with E-state index in [0.29, 0.717) is 11.1 Å². The molecule has 0 spiro atoms. The van der Waals surface area contributed by atoms with Gasteiger partial charge in [-0.05, 0) is 83.5 Å². The van der Waals surface area contributed by atoms with Crippen molar-refractivity contribution in [1.82, 2.24) is 0 Å². The minimum absolute atomic E-state index is 0.0102. The number of Topliss-reactive ketones (excluding diaryl/α,β-unsaturated/α-hetero) is 1. The van der Waals surface area contributed by atoms with E-state index in [0.717, 1.165) is 5.57 Å². The zero-order chi connectivity index (χ0) is 52.9. The molecule has 1 radical (unpaired) electrons. The van der Waals surface area contributed by atoms with Gasteiger partial charge in [0.05, 0.1) is 42.8 Å². The van der Waals surface area contributed by atoms with E-state index in [9.17, 15) is 4.79 Å². The Balaban J connectivity index is 2.10. The Morgan fingerprint density at radius 3 is 1.64 bits per heavy atom. The monoisotopic (exact) mass is 1050 g/mol. The van der Waals surface area contributed by atoms with E-state index >= 15 is 9.59 Å². The standard InChI is InChI=1S/C52H89O14Si4/c1-31(2)68(57-18,32(3)4)63-39-29-52(66-67(21)22)46(61-47(54)38-26-24-23-25-27-38)44-50(16,45(53)43(42(37(39)13)49(52,14)15)65-70(59-20,35(9)10)36(11)12)40(64-69(58-19,33(5)6)34(7)8)28-41-51(44,30-60-41)62-48(55)56-17/h23-27,31-36,39-41,43-44,46H,28-30H2,1-22H3/t39-,40-,41+,43+,44?,46-,50+,51-,52+/m0/s1. The van der Waals surface area contributed by atoms with Gasteiger partial charge in [0.25, 0.3) is 0 Å². The van der Waals surface area contributed by atoms with Crippen LogP contribution in [0.1, 0.15) is 134 Å². The topological polar surface area (TPSA) is 153 Å². The number of esters is 1. The maximum atomic E-state index is 17.5. The second kappa shape index (κ2) is 21.6. The van der Waals surface area contributed by atoms with Crippen LogP contribution in [0.15, 0.2) is 41.5 Å². The fourth-order valence-electron chi connectivity index (χ4n) is 13.5. The molecule has 70 heavy (non-hydrogen) atoms. The van der Waals surface area contributed by atoms with Crippen LogP contribution in [0, 0.1) is 16.7 Å². The first kappa shape index (κ1) is 58.8. The lowest BCUT2D eigenvalue weighted by Crippen LogP contribution is -2.83. The molecule has 1 heterocycles. The summed E-state index contributed by atoms with van der Waals surface area (Å²) in [6.45, 7) is 37.4. The molecule has 0 amide bonds. The molecule has 0 aromatic heterocycles. The van der Waals surface area contributed by atoms with Crippen molar-refractivity contribution < 1.29 is 64.3 Å². The van der Waals surface area contributed by atoms with Gasteiger partial charge in [-0.1, -0.05) is 115 Å². The first-order chi connectivity index (χ1) is 32.5. The minimum atomic E-state index is -3.38. The van der Waals surface area contributed by atoms with Crippen LogP contribution < -0.4 is 0 Å². The van der Waals surface area contributed by atoms with Gasteiger partial charge >= 0.3 is 37.8 Å². The number of ether oxygens (including phenoxy) is 4. The normalized spacial score (nSPS) is 30.4. The fraction of sp³-hybridized carbons (Fsp3) is 0.788. The molecular weight excluding hydrogens is 961 g/mol. The van der Waals surface area contributed by atoms with Crippen molar-refractivity contribution in [3.63, 3.8) is 0 Å². The predicted molar refractivity (Wildman–Crippen MR) is 279 cm³/mol. The quantitative estimate of drug-likeness (QED) is 0.0691. The number of ketones is 1. The van der Waals surface area contributed by atoms with Gasteiger partial charge in [0.15, 0.2) is 11.4 Å². The molecule has 14 nitrogen and oxygen atoms in total. The molecule has 397 valence electrons. The highest BCUT2D eigenvalue weighted by Crippen LogP contribution is 2.67. The average Bonchev–Trinajstić information content (AvgIpc) is 3.28. The van der Waals surface area contributed by atoms with E-state index in [1.165, 1.54) is 7.11 Å². The Labute approximate surface area is 425 Å². The number of fused-ring (bicyclic) bond motifs is 5. The summed E-state index contributed by atoms with van der Waals surface area (Å²) in [6, 6.07) is 8.82. The van der Waals surface area contributed by atoms with Gasteiger partial charge in [0.1, 0.15) is 23.9 Å². The highest BCUT2D eigenvalue weighted by atomic mass is 28.4. The number of hydrogen-bond acceptors (Lipinski definition) is 14. The maximum Gasteiger partial charge on any atom is 0.508 e. The molecule has 4 aliphatic rings. The summed E-state index contributed by atoms with van der Waals surface area (Å²) in [5, 5.41) is 0. The lowest BCUT2D eigenvalue weighted by Gasteiger charge is -2.69. The van der Waals surface area contributed by atoms with Gasteiger partial charge in [0.2, 0.25) is 9.04 Å². The number of benzene rings is 1. The first-order valence-corrected chi connectivity index (χ1v) is 33.9. The summed E-state index contributed by atoms with van der Waals surface area (Å²) >= 11 is 0. The molecular formula is C52H89O14Si4. The molecule has 3 aliphatic carbocycles. The number of hydrogen-bond donors (Lipinski definition) is 0. The molecule has 1 aliphatic heterocycles. The summed E-state index contributed by atoms with van der Waals surface area (Å²) in [6.07, 6.45) is -5.69. The molecule has 18 heteroatoms. The van der Waals surface area contributed by atoms with Crippen LogP contribution in [-0.4, -0.2) is 129 Å². The van der Waals surface area contributed by atoms with E-state index in [4.69, 9.17) is 49.9 Å². The smallest absolute Gasteiger partial charge is 0.455 e. The van der Waals surface area contributed by atoms with E-state index in [1.54, 1.807) is 45.6 Å². The van der Waals surface area contributed by atoms with Gasteiger partial charge in [0, 0.05) is 39.6 Å². The molecule has 3 fully saturated rings. The van der Waals surface area contributed by atoms with Crippen molar-refractivity contribution in [2.45, 2.75) is 212 Å². The lowest BCUT2D eigenvalue weighted by atomic mass is 9.44. The van der Waals surface area contributed by atoms with E-state index in [-0.39, 0.29) is 58.5 Å². The number of rotatable bonds is 20. The van der Waals surface area contributed by atoms with Gasteiger partial charge < -0.3 is 49.9 Å². The number of methoxy groups -OCH3 is 1. The van der Waals surface area contributed by atoms with E-state index < -0.39 is 105 Å². The molecule has 5 rings (SSSR count). The Morgan fingerprint density at radius 1 is 0.729 bits per heavy atom. The molecule has 2 saturated carbocycles. The van der Waals surface area contributed by atoms with Crippen LogP contribution in [-0.2, 0) is 54.7 Å². The van der Waals surface area contributed by atoms with E-state index in [1.807, 2.05) is 13.0 Å². The fourth-order valence-corrected chi connectivity index (χ4v) is 25.5. The Bertz CT molecular complexity index is 2020. The first-order valence-electron chi connectivity index (χ1n) is 25.6. The van der Waals surface area contributed by atoms with Crippen LogP contribution in [0.4, 0.5) is 4.79 Å². The highest BCUT2D eigenvalue weighted by Gasteiger charge is 2.80. The number of carbonyl (C=O) groups is 3. The zero-order valence-corrected chi connectivity index (χ0v) is 50.7. The van der Waals surface area contributed by atoms with Crippen LogP contribution in [0.2, 0.25) is 46.3 Å². The largest absolute Gasteiger partial charge is 0.508 e. The average molecular weight is 1050 g/mol. The summed E-state index contributed by atoms with van der Waals surface area (Å²) in [7, 11) is -5.16. The summed E-state index contributed by atoms with van der Waals surface area (Å²) < 4.78 is 76.5. The third kappa shape index (κ3) is 9.40. The van der Waals surface area contributed by atoms with Crippen molar-refractivity contribution in [2.75, 3.05) is 35.0 Å². The van der Waals surface area contributed by atoms with Crippen molar-refractivity contribution in [2.24, 2.45) is 16.7 Å². The van der Waals surface area contributed by atoms with Gasteiger partial charge in [-0.25, -0.2) is 9.59 Å². The molecule has 1 unspecified atom stereocenters. The van der Waals surface area contributed by atoms with Crippen LogP contribution in [0.5, 0.6) is 0 Å². The van der Waals surface area contributed by atoms with Gasteiger partial charge in [-0.2, -0.15) is 0 Å². The SMILES string of the molecule is COC(=O)O[C@@]12CO[C@@H]1C[C@H](O[Si](OC)(C(C)C)C(C)C)[C@@]1(C)C(=O)[C@H](O[Si](OC)(C(C)C)C(C)C)C3=C(C)[C@@H](O[Si](OC)(C(C)C)C(C)C)C[C@@](O[Si](C)C)([C@@H](OC(=O)c4ccccc4)C12)C3(C)C. The summed E-state index contributed by atoms with van der Waals surface area (Å²) in [4.78, 5) is 46.7. The Kier molecular flexibility index (Phi) is 18.2. The third-order valence-electron chi connectivity index (χ3n) is 17.1. The highest BCUT2D eigenvalue weighted by molar-refractivity contribution is 6.71. The van der Waals surface area contributed by atoms with Crippen molar-refractivity contribution >= 4 is 52.6 Å². The molecule has 1 aromatic rings. The van der Waals surface area contributed by atoms with E-state index in [2.05, 4.69) is 117 Å². The van der Waals surface area contributed by atoms with Crippen molar-refractivity contribution in [3.05, 3.63) is 47.0 Å². The lowest BCUT2D eigenvalue weighted by molar-refractivity contribution is -0.341. The summed E-state index contributed by atoms with van der Waals surface area (Å²) in [5.74, 6) is -2.14. The van der Waals surface area contributed by atoms with Crippen LogP contribution >= 0.6 is 0 Å². The summed E-state index contributed by atoms with van der Waals surface area (Å²) in [5.41, 5.74) is -4.46. The van der Waals surface area contributed by atoms with Gasteiger partial charge in [-0.3, -0.25) is 4.79 Å². The van der Waals surface area contributed by atoms with Gasteiger partial charge in [-0.15, -0.1) is 0 Å². The maximum absolute atomic E-state index is 17.5. The second-order valence-electron chi connectivity index (χ2n) is 23.1. The molecule has 2 bridgehead atoms. The molecule has 0 N–H and O–H groups in total. The van der Waals surface area contributed by atoms with Crippen LogP contribution in [0.25, 0.3) is 0 Å². The Morgan fingerprint density at radius 2 is 1.21 bits per heavy atom. The van der Waals surface area contributed by atoms with Crippen molar-refractivity contribution in [3.8, 4) is 0 Å².